The topological polar surface area (TPSA) is 51.1 Å². The van der Waals surface area contributed by atoms with Crippen LogP contribution in [0, 0.1) is 0 Å². The highest BCUT2D eigenvalue weighted by Crippen LogP contribution is 2.32. The number of ether oxygens (including phenoxy) is 2. The van der Waals surface area contributed by atoms with Crippen LogP contribution in [0.4, 0.5) is 5.69 Å². The van der Waals surface area contributed by atoms with Gasteiger partial charge in [0.25, 0.3) is 0 Å². The van der Waals surface area contributed by atoms with Crippen molar-refractivity contribution < 1.29 is 14.3 Å². The zero-order valence-corrected chi connectivity index (χ0v) is 17.4. The molecule has 2 aromatic carbocycles. The summed E-state index contributed by atoms with van der Waals surface area (Å²) < 4.78 is 11.1. The van der Waals surface area contributed by atoms with Crippen molar-refractivity contribution in [2.75, 3.05) is 19.5 Å². The van der Waals surface area contributed by atoms with Gasteiger partial charge in [0.2, 0.25) is 5.91 Å². The Morgan fingerprint density at radius 3 is 2.64 bits per heavy atom. The van der Waals surface area contributed by atoms with Gasteiger partial charge in [0, 0.05) is 18.2 Å². The van der Waals surface area contributed by atoms with Crippen molar-refractivity contribution in [3.8, 4) is 11.5 Å². The van der Waals surface area contributed by atoms with Gasteiger partial charge in [-0.05, 0) is 44.0 Å². The molecule has 1 aliphatic heterocycles. The Hall–Kier alpha value is -2.47. The van der Waals surface area contributed by atoms with Gasteiger partial charge in [-0.1, -0.05) is 42.1 Å². The van der Waals surface area contributed by atoms with E-state index in [0.717, 1.165) is 33.7 Å². The van der Waals surface area contributed by atoms with Gasteiger partial charge in [-0.15, -0.1) is 0 Å². The molecule has 0 bridgehead atoms. The first-order valence-electron chi connectivity index (χ1n) is 9.51. The van der Waals surface area contributed by atoms with E-state index in [1.54, 1.807) is 18.9 Å². The van der Waals surface area contributed by atoms with Crippen LogP contribution in [0.1, 0.15) is 25.8 Å². The molecule has 0 saturated carbocycles. The number of aryl methyl sites for hydroxylation is 1. The van der Waals surface area contributed by atoms with Crippen LogP contribution in [0.15, 0.2) is 53.5 Å². The number of carbonyl (C=O) groups is 1. The number of carbonyl (C=O) groups excluding carboxylic acids is 1. The molecular weight excluding hydrogens is 372 g/mol. The van der Waals surface area contributed by atoms with Crippen LogP contribution >= 0.6 is 11.8 Å². The Morgan fingerprint density at radius 1 is 1.18 bits per heavy atom. The number of nitrogens with zero attached hydrogens (tertiary/aromatic N) is 2. The number of para-hydroxylation sites is 3. The molecule has 3 rings (SSSR count). The number of aliphatic imine (C=N–C) groups is 1. The Bertz CT molecular complexity index is 853. The predicted molar refractivity (Wildman–Crippen MR) is 115 cm³/mol. The quantitative estimate of drug-likeness (QED) is 0.680. The number of hydrogen-bond acceptors (Lipinski definition) is 5. The van der Waals surface area contributed by atoms with Crippen molar-refractivity contribution in [3.05, 3.63) is 54.1 Å². The molecule has 2 aromatic rings. The van der Waals surface area contributed by atoms with Gasteiger partial charge in [0.1, 0.15) is 17.2 Å². The summed E-state index contributed by atoms with van der Waals surface area (Å²) in [6, 6.07) is 15.6. The Morgan fingerprint density at radius 2 is 1.89 bits per heavy atom. The van der Waals surface area contributed by atoms with Gasteiger partial charge in [0.15, 0.2) is 5.17 Å². The summed E-state index contributed by atoms with van der Waals surface area (Å²) in [5.74, 6) is 2.48. The second-order valence-corrected chi connectivity index (χ2v) is 7.52. The smallest absolute Gasteiger partial charge is 0.229 e. The highest BCUT2D eigenvalue weighted by atomic mass is 32.2. The number of thioether (sulfide) groups is 1. The Kier molecular flexibility index (Phi) is 6.98. The highest BCUT2D eigenvalue weighted by molar-refractivity contribution is 8.14. The first-order valence-corrected chi connectivity index (χ1v) is 10.5. The summed E-state index contributed by atoms with van der Waals surface area (Å²) >= 11 is 1.61. The van der Waals surface area contributed by atoms with Crippen molar-refractivity contribution in [1.82, 2.24) is 4.90 Å². The first-order chi connectivity index (χ1) is 13.6. The average molecular weight is 399 g/mol. The number of hydrogen-bond donors (Lipinski definition) is 0. The Labute approximate surface area is 170 Å². The molecule has 0 aliphatic carbocycles. The molecule has 1 saturated heterocycles. The minimum Gasteiger partial charge on any atom is -0.496 e. The predicted octanol–water partition coefficient (Wildman–Crippen LogP) is 4.68. The minimum absolute atomic E-state index is 0.0797. The van der Waals surface area contributed by atoms with E-state index in [2.05, 4.69) is 6.92 Å². The molecule has 1 unspecified atom stereocenters. The van der Waals surface area contributed by atoms with Gasteiger partial charge >= 0.3 is 0 Å². The summed E-state index contributed by atoms with van der Waals surface area (Å²) in [6.45, 7) is 4.59. The van der Waals surface area contributed by atoms with Crippen molar-refractivity contribution >= 4 is 28.5 Å². The van der Waals surface area contributed by atoms with Crippen LogP contribution in [-0.4, -0.2) is 41.5 Å². The van der Waals surface area contributed by atoms with E-state index in [1.165, 1.54) is 0 Å². The SMILES string of the molecule is CCOc1ccccc1N=C1SCC(C)N1C(=O)CCc1ccccc1OC. The lowest BCUT2D eigenvalue weighted by Gasteiger charge is -2.21. The third-order valence-corrected chi connectivity index (χ3v) is 5.75. The van der Waals surface area contributed by atoms with Crippen molar-refractivity contribution in [3.63, 3.8) is 0 Å². The van der Waals surface area contributed by atoms with Gasteiger partial charge < -0.3 is 9.47 Å². The molecule has 1 amide bonds. The van der Waals surface area contributed by atoms with Crippen LogP contribution < -0.4 is 9.47 Å². The van der Waals surface area contributed by atoms with E-state index in [-0.39, 0.29) is 11.9 Å². The minimum atomic E-state index is 0.0797. The highest BCUT2D eigenvalue weighted by Gasteiger charge is 2.32. The van der Waals surface area contributed by atoms with E-state index < -0.39 is 0 Å². The molecular formula is C22H26N2O3S. The lowest BCUT2D eigenvalue weighted by atomic mass is 10.1. The number of benzene rings is 2. The lowest BCUT2D eigenvalue weighted by molar-refractivity contribution is -0.128. The van der Waals surface area contributed by atoms with Crippen LogP contribution in [0.2, 0.25) is 0 Å². The zero-order valence-electron chi connectivity index (χ0n) is 16.6. The fourth-order valence-electron chi connectivity index (χ4n) is 3.17. The third kappa shape index (κ3) is 4.68. The maximum Gasteiger partial charge on any atom is 0.229 e. The monoisotopic (exact) mass is 398 g/mol. The molecule has 28 heavy (non-hydrogen) atoms. The fourth-order valence-corrected chi connectivity index (χ4v) is 4.29. The summed E-state index contributed by atoms with van der Waals surface area (Å²) in [7, 11) is 1.65. The van der Waals surface area contributed by atoms with Crippen LogP contribution in [0.25, 0.3) is 0 Å². The molecule has 0 spiro atoms. The zero-order chi connectivity index (χ0) is 19.9. The molecule has 1 aliphatic rings. The molecule has 6 heteroatoms. The molecule has 1 atom stereocenters. The third-order valence-electron chi connectivity index (χ3n) is 4.55. The van der Waals surface area contributed by atoms with E-state index in [4.69, 9.17) is 14.5 Å². The van der Waals surface area contributed by atoms with Crippen LogP contribution in [0.5, 0.6) is 11.5 Å². The average Bonchev–Trinajstić information content (AvgIpc) is 3.08. The second-order valence-electron chi connectivity index (χ2n) is 6.53. The largest absolute Gasteiger partial charge is 0.496 e. The van der Waals surface area contributed by atoms with Crippen molar-refractivity contribution in [2.45, 2.75) is 32.7 Å². The van der Waals surface area contributed by atoms with Gasteiger partial charge in [0.05, 0.1) is 13.7 Å². The van der Waals surface area contributed by atoms with Crippen molar-refractivity contribution in [1.29, 1.82) is 0 Å². The number of amidine groups is 1. The summed E-state index contributed by atoms with van der Waals surface area (Å²) in [4.78, 5) is 19.6. The molecule has 1 fully saturated rings. The molecule has 0 N–H and O–H groups in total. The number of amides is 1. The lowest BCUT2D eigenvalue weighted by Crippen LogP contribution is -2.37. The molecule has 148 valence electrons. The molecule has 0 radical (unpaired) electrons. The maximum absolute atomic E-state index is 13.0. The van der Waals surface area contributed by atoms with E-state index >= 15 is 0 Å². The summed E-state index contributed by atoms with van der Waals surface area (Å²) in [5, 5.41) is 0.740. The molecule has 1 heterocycles. The van der Waals surface area contributed by atoms with Gasteiger partial charge in [-0.3, -0.25) is 9.69 Å². The summed E-state index contributed by atoms with van der Waals surface area (Å²) in [5.41, 5.74) is 1.79. The van der Waals surface area contributed by atoms with Crippen LogP contribution in [0.3, 0.4) is 0 Å². The molecule has 0 aromatic heterocycles. The van der Waals surface area contributed by atoms with Gasteiger partial charge in [-0.25, -0.2) is 4.99 Å². The Balaban J connectivity index is 1.76. The standard InChI is InChI=1S/C22H26N2O3S/c1-4-27-20-12-8-6-10-18(20)23-22-24(16(2)15-28-22)21(25)14-13-17-9-5-7-11-19(17)26-3/h5-12,16H,4,13-15H2,1-3H3. The van der Waals surface area contributed by atoms with E-state index in [9.17, 15) is 4.79 Å². The van der Waals surface area contributed by atoms with Crippen molar-refractivity contribution in [2.24, 2.45) is 4.99 Å². The second kappa shape index (κ2) is 9.64. The van der Waals surface area contributed by atoms with E-state index in [1.807, 2.05) is 60.4 Å². The number of methoxy groups -OCH3 is 1. The first kappa shape index (κ1) is 20.3. The normalized spacial score (nSPS) is 17.8. The summed E-state index contributed by atoms with van der Waals surface area (Å²) in [6.07, 6.45) is 1.05. The maximum atomic E-state index is 13.0. The van der Waals surface area contributed by atoms with E-state index in [0.29, 0.717) is 19.4 Å². The van der Waals surface area contributed by atoms with Crippen LogP contribution in [-0.2, 0) is 11.2 Å². The fraction of sp³-hybridized carbons (Fsp3) is 0.364. The van der Waals surface area contributed by atoms with Gasteiger partial charge in [-0.2, -0.15) is 0 Å². The number of rotatable bonds is 7. The molecule has 5 nitrogen and oxygen atoms in total.